The Morgan fingerprint density at radius 2 is 2.00 bits per heavy atom. The molecule has 1 saturated heterocycles. The summed E-state index contributed by atoms with van der Waals surface area (Å²) in [6, 6.07) is 6.46. The van der Waals surface area contributed by atoms with Crippen molar-refractivity contribution in [3.8, 4) is 11.5 Å². The number of likely N-dealkylation sites (tertiary alicyclic amines) is 1. The first-order valence-electron chi connectivity index (χ1n) is 11.0. The molecule has 1 unspecified atom stereocenters. The number of methoxy groups -OCH3 is 2. The molecule has 170 valence electrons. The van der Waals surface area contributed by atoms with E-state index >= 15 is 0 Å². The standard InChI is InChI=1S/C24H35N3O4/c1-17-21(18(2)31-25-17)9-11-24(28)27-13-6-7-20(16-27)26(3)14-12-19-8-10-22(29-4)23(15-19)30-5/h8,10,15,20H,6-7,9,11-14,16H2,1-5H3. The van der Waals surface area contributed by atoms with Crippen LogP contribution in [-0.4, -0.2) is 67.8 Å². The highest BCUT2D eigenvalue weighted by Crippen LogP contribution is 2.28. The number of aryl methyl sites for hydroxylation is 2. The minimum absolute atomic E-state index is 0.220. The Labute approximate surface area is 185 Å². The summed E-state index contributed by atoms with van der Waals surface area (Å²) >= 11 is 0. The summed E-state index contributed by atoms with van der Waals surface area (Å²) in [5.74, 6) is 2.54. The predicted octanol–water partition coefficient (Wildman–Crippen LogP) is 3.41. The molecule has 0 N–H and O–H groups in total. The van der Waals surface area contributed by atoms with Gasteiger partial charge in [-0.2, -0.15) is 0 Å². The molecule has 1 aliphatic heterocycles. The highest BCUT2D eigenvalue weighted by molar-refractivity contribution is 5.76. The van der Waals surface area contributed by atoms with Crippen molar-refractivity contribution in [3.63, 3.8) is 0 Å². The molecule has 31 heavy (non-hydrogen) atoms. The molecule has 1 aliphatic rings. The summed E-state index contributed by atoms with van der Waals surface area (Å²) in [5.41, 5.74) is 3.17. The van der Waals surface area contributed by atoms with Gasteiger partial charge in [-0.05, 0) is 64.3 Å². The lowest BCUT2D eigenvalue weighted by molar-refractivity contribution is -0.133. The van der Waals surface area contributed by atoms with Gasteiger partial charge < -0.3 is 23.8 Å². The van der Waals surface area contributed by atoms with Gasteiger partial charge in [0.15, 0.2) is 11.5 Å². The van der Waals surface area contributed by atoms with Crippen LogP contribution in [-0.2, 0) is 17.6 Å². The van der Waals surface area contributed by atoms with E-state index in [1.165, 1.54) is 5.56 Å². The van der Waals surface area contributed by atoms with E-state index in [2.05, 4.69) is 23.2 Å². The molecule has 1 fully saturated rings. The molecule has 1 atom stereocenters. The third-order valence-electron chi connectivity index (χ3n) is 6.34. The normalized spacial score (nSPS) is 16.6. The molecule has 7 nitrogen and oxygen atoms in total. The molecule has 0 bridgehead atoms. The Balaban J connectivity index is 1.50. The zero-order chi connectivity index (χ0) is 22.4. The van der Waals surface area contributed by atoms with Crippen LogP contribution < -0.4 is 9.47 Å². The number of nitrogens with zero attached hydrogens (tertiary/aromatic N) is 3. The van der Waals surface area contributed by atoms with Crippen molar-refractivity contribution in [3.05, 3.63) is 40.8 Å². The molecule has 1 amide bonds. The Bertz CT molecular complexity index is 860. The molecule has 1 aromatic carbocycles. The zero-order valence-corrected chi connectivity index (χ0v) is 19.4. The van der Waals surface area contributed by atoms with Gasteiger partial charge in [-0.3, -0.25) is 4.79 Å². The minimum Gasteiger partial charge on any atom is -0.493 e. The van der Waals surface area contributed by atoms with Crippen LogP contribution in [0.25, 0.3) is 0 Å². The smallest absolute Gasteiger partial charge is 0.222 e. The molecular weight excluding hydrogens is 394 g/mol. The molecule has 7 heteroatoms. The van der Waals surface area contributed by atoms with Crippen molar-refractivity contribution < 1.29 is 18.8 Å². The lowest BCUT2D eigenvalue weighted by Crippen LogP contribution is -2.49. The highest BCUT2D eigenvalue weighted by atomic mass is 16.5. The van der Waals surface area contributed by atoms with Gasteiger partial charge >= 0.3 is 0 Å². The summed E-state index contributed by atoms with van der Waals surface area (Å²) in [6.07, 6.45) is 4.28. The number of aromatic nitrogens is 1. The number of carbonyl (C=O) groups is 1. The Morgan fingerprint density at radius 3 is 2.68 bits per heavy atom. The van der Waals surface area contributed by atoms with Crippen LogP contribution in [0.1, 0.15) is 41.8 Å². The molecule has 0 spiro atoms. The van der Waals surface area contributed by atoms with Crippen LogP contribution in [0.4, 0.5) is 0 Å². The van der Waals surface area contributed by atoms with Crippen LogP contribution in [0.5, 0.6) is 11.5 Å². The summed E-state index contributed by atoms with van der Waals surface area (Å²) in [7, 11) is 5.46. The molecule has 1 aromatic heterocycles. The predicted molar refractivity (Wildman–Crippen MR) is 120 cm³/mol. The average Bonchev–Trinajstić information content (AvgIpc) is 3.12. The number of ether oxygens (including phenoxy) is 2. The van der Waals surface area contributed by atoms with Gasteiger partial charge in [-0.25, -0.2) is 0 Å². The third-order valence-corrected chi connectivity index (χ3v) is 6.34. The fourth-order valence-electron chi connectivity index (χ4n) is 4.31. The van der Waals surface area contributed by atoms with E-state index in [1.807, 2.05) is 30.9 Å². The minimum atomic E-state index is 0.220. The maximum atomic E-state index is 12.8. The third kappa shape index (κ3) is 5.79. The van der Waals surface area contributed by atoms with Crippen LogP contribution in [0.3, 0.4) is 0 Å². The topological polar surface area (TPSA) is 68.0 Å². The Morgan fingerprint density at radius 1 is 1.23 bits per heavy atom. The van der Waals surface area contributed by atoms with Gasteiger partial charge in [-0.15, -0.1) is 0 Å². The van der Waals surface area contributed by atoms with E-state index in [1.54, 1.807) is 14.2 Å². The molecule has 2 heterocycles. The monoisotopic (exact) mass is 429 g/mol. The second kappa shape index (κ2) is 10.7. The van der Waals surface area contributed by atoms with Crippen molar-refractivity contribution in [1.82, 2.24) is 15.0 Å². The average molecular weight is 430 g/mol. The fraction of sp³-hybridized carbons (Fsp3) is 0.583. The molecular formula is C24H35N3O4. The SMILES string of the molecule is COc1ccc(CCN(C)C2CCCN(C(=O)CCc3c(C)noc3C)C2)cc1OC. The summed E-state index contributed by atoms with van der Waals surface area (Å²) in [6.45, 7) is 6.41. The van der Waals surface area contributed by atoms with Crippen molar-refractivity contribution in [1.29, 1.82) is 0 Å². The first-order valence-corrected chi connectivity index (χ1v) is 11.0. The highest BCUT2D eigenvalue weighted by Gasteiger charge is 2.26. The van der Waals surface area contributed by atoms with Crippen molar-refractivity contribution in [2.24, 2.45) is 0 Å². The lowest BCUT2D eigenvalue weighted by atomic mass is 10.0. The first-order chi connectivity index (χ1) is 14.9. The van der Waals surface area contributed by atoms with Gasteiger partial charge in [0.05, 0.1) is 19.9 Å². The van der Waals surface area contributed by atoms with Crippen molar-refractivity contribution in [2.75, 3.05) is 40.9 Å². The number of hydrogen-bond donors (Lipinski definition) is 0. The fourth-order valence-corrected chi connectivity index (χ4v) is 4.31. The van der Waals surface area contributed by atoms with Crippen LogP contribution in [0, 0.1) is 13.8 Å². The van der Waals surface area contributed by atoms with E-state index in [9.17, 15) is 4.79 Å². The Kier molecular flexibility index (Phi) is 7.96. The van der Waals surface area contributed by atoms with Gasteiger partial charge in [0.25, 0.3) is 0 Å². The maximum Gasteiger partial charge on any atom is 0.222 e. The lowest BCUT2D eigenvalue weighted by Gasteiger charge is -2.38. The second-order valence-corrected chi connectivity index (χ2v) is 8.36. The van der Waals surface area contributed by atoms with E-state index in [0.717, 1.165) is 67.4 Å². The molecule has 0 aliphatic carbocycles. The largest absolute Gasteiger partial charge is 0.493 e. The summed E-state index contributed by atoms with van der Waals surface area (Å²) in [5, 5.41) is 3.99. The van der Waals surface area contributed by atoms with E-state index in [4.69, 9.17) is 14.0 Å². The molecule has 3 rings (SSSR count). The second-order valence-electron chi connectivity index (χ2n) is 8.36. The van der Waals surface area contributed by atoms with Gasteiger partial charge in [0.2, 0.25) is 5.91 Å². The van der Waals surface area contributed by atoms with E-state index < -0.39 is 0 Å². The number of benzene rings is 1. The summed E-state index contributed by atoms with van der Waals surface area (Å²) in [4.78, 5) is 17.2. The first kappa shape index (κ1) is 23.1. The molecule has 0 saturated carbocycles. The number of carbonyl (C=O) groups excluding carboxylic acids is 1. The molecule has 0 radical (unpaired) electrons. The number of hydrogen-bond acceptors (Lipinski definition) is 6. The van der Waals surface area contributed by atoms with Gasteiger partial charge in [0, 0.05) is 37.7 Å². The van der Waals surface area contributed by atoms with Crippen LogP contribution in [0.2, 0.25) is 0 Å². The zero-order valence-electron chi connectivity index (χ0n) is 19.4. The van der Waals surface area contributed by atoms with Crippen molar-refractivity contribution >= 4 is 5.91 Å². The van der Waals surface area contributed by atoms with Crippen LogP contribution in [0.15, 0.2) is 22.7 Å². The number of rotatable bonds is 9. The number of likely N-dealkylation sites (N-methyl/N-ethyl adjacent to an activating group) is 1. The maximum absolute atomic E-state index is 12.8. The molecule has 2 aromatic rings. The van der Waals surface area contributed by atoms with E-state index in [0.29, 0.717) is 18.9 Å². The Hall–Kier alpha value is -2.54. The summed E-state index contributed by atoms with van der Waals surface area (Å²) < 4.78 is 15.9. The van der Waals surface area contributed by atoms with Gasteiger partial charge in [0.1, 0.15) is 5.76 Å². The van der Waals surface area contributed by atoms with Gasteiger partial charge in [-0.1, -0.05) is 11.2 Å². The quantitative estimate of drug-likeness (QED) is 0.609. The van der Waals surface area contributed by atoms with Crippen molar-refractivity contribution in [2.45, 2.75) is 52.0 Å². The van der Waals surface area contributed by atoms with Crippen LogP contribution >= 0.6 is 0 Å². The number of piperidine rings is 1. The number of amides is 1. The van der Waals surface area contributed by atoms with E-state index in [-0.39, 0.29) is 5.91 Å².